The summed E-state index contributed by atoms with van der Waals surface area (Å²) in [6.07, 6.45) is 1.19. The number of fused-ring (bicyclic) bond motifs is 3. The van der Waals surface area contributed by atoms with Gasteiger partial charge in [-0.05, 0) is 47.4 Å². The highest BCUT2D eigenvalue weighted by Gasteiger charge is 2.54. The second-order valence-electron chi connectivity index (χ2n) is 5.93. The van der Waals surface area contributed by atoms with Gasteiger partial charge < -0.3 is 10.1 Å². The highest BCUT2D eigenvalue weighted by atomic mass is 16.5. The van der Waals surface area contributed by atoms with Gasteiger partial charge in [-0.1, -0.05) is 24.3 Å². The average Bonchev–Trinajstić information content (AvgIpc) is 3.11. The Morgan fingerprint density at radius 2 is 2.14 bits per heavy atom. The predicted octanol–water partition coefficient (Wildman–Crippen LogP) is 2.26. The van der Waals surface area contributed by atoms with Crippen LogP contribution in [-0.2, 0) is 11.2 Å². The summed E-state index contributed by atoms with van der Waals surface area (Å²) in [6, 6.07) is 12.1. The SMILES string of the molecule is COC(=O)c1ccc(NC[C@@H]2[C@H]3Cc4ccccc4[C@@H]23)nn1. The van der Waals surface area contributed by atoms with Crippen LogP contribution in [0.5, 0.6) is 0 Å². The van der Waals surface area contributed by atoms with Crippen LogP contribution in [-0.4, -0.2) is 29.8 Å². The summed E-state index contributed by atoms with van der Waals surface area (Å²) < 4.78 is 4.61. The normalized spacial score (nSPS) is 24.3. The molecule has 1 aromatic carbocycles. The highest BCUT2D eigenvalue weighted by Crippen LogP contribution is 2.61. The summed E-state index contributed by atoms with van der Waals surface area (Å²) in [4.78, 5) is 11.3. The quantitative estimate of drug-likeness (QED) is 0.877. The molecule has 0 radical (unpaired) electrons. The Morgan fingerprint density at radius 1 is 1.27 bits per heavy atom. The maximum absolute atomic E-state index is 11.3. The van der Waals surface area contributed by atoms with E-state index in [1.807, 2.05) is 0 Å². The van der Waals surface area contributed by atoms with Crippen LogP contribution in [0.2, 0.25) is 0 Å². The van der Waals surface area contributed by atoms with Crippen molar-refractivity contribution in [1.82, 2.24) is 10.2 Å². The van der Waals surface area contributed by atoms with Crippen molar-refractivity contribution in [3.05, 3.63) is 53.2 Å². The highest BCUT2D eigenvalue weighted by molar-refractivity contribution is 5.86. The summed E-state index contributed by atoms with van der Waals surface area (Å²) in [7, 11) is 1.33. The molecule has 0 bridgehead atoms. The topological polar surface area (TPSA) is 64.1 Å². The molecule has 1 heterocycles. The maximum atomic E-state index is 11.3. The number of esters is 1. The largest absolute Gasteiger partial charge is 0.464 e. The van der Waals surface area contributed by atoms with Gasteiger partial charge in [-0.3, -0.25) is 0 Å². The molecule has 1 saturated carbocycles. The predicted molar refractivity (Wildman–Crippen MR) is 81.7 cm³/mol. The Hall–Kier alpha value is -2.43. The Kier molecular flexibility index (Phi) is 3.06. The molecule has 0 amide bonds. The molecule has 0 aliphatic heterocycles. The van der Waals surface area contributed by atoms with Gasteiger partial charge in [0.15, 0.2) is 5.69 Å². The van der Waals surface area contributed by atoms with Crippen LogP contribution in [0.4, 0.5) is 5.82 Å². The first kappa shape index (κ1) is 13.2. The summed E-state index contributed by atoms with van der Waals surface area (Å²) >= 11 is 0. The van der Waals surface area contributed by atoms with E-state index in [9.17, 15) is 4.79 Å². The van der Waals surface area contributed by atoms with Crippen molar-refractivity contribution in [3.8, 4) is 0 Å². The van der Waals surface area contributed by atoms with Crippen LogP contribution in [0.3, 0.4) is 0 Å². The lowest BCUT2D eigenvalue weighted by atomic mass is 10.0. The zero-order valence-corrected chi connectivity index (χ0v) is 12.3. The van der Waals surface area contributed by atoms with E-state index in [1.54, 1.807) is 12.1 Å². The van der Waals surface area contributed by atoms with Crippen molar-refractivity contribution in [2.24, 2.45) is 11.8 Å². The minimum absolute atomic E-state index is 0.227. The Morgan fingerprint density at radius 3 is 2.91 bits per heavy atom. The summed E-state index contributed by atoms with van der Waals surface area (Å²) in [5.74, 6) is 2.38. The maximum Gasteiger partial charge on any atom is 0.358 e. The summed E-state index contributed by atoms with van der Waals surface area (Å²) in [5.41, 5.74) is 3.26. The Labute approximate surface area is 128 Å². The first-order valence-corrected chi connectivity index (χ1v) is 7.51. The Bertz CT molecular complexity index is 714. The van der Waals surface area contributed by atoms with Crippen LogP contribution >= 0.6 is 0 Å². The van der Waals surface area contributed by atoms with Crippen molar-refractivity contribution in [3.63, 3.8) is 0 Å². The number of nitrogens with one attached hydrogen (secondary N) is 1. The first-order chi connectivity index (χ1) is 10.8. The lowest BCUT2D eigenvalue weighted by molar-refractivity contribution is 0.0593. The van der Waals surface area contributed by atoms with E-state index in [1.165, 1.54) is 24.7 Å². The molecule has 5 heteroatoms. The van der Waals surface area contributed by atoms with Gasteiger partial charge in [0.05, 0.1) is 7.11 Å². The van der Waals surface area contributed by atoms with Gasteiger partial charge in [-0.25, -0.2) is 4.79 Å². The van der Waals surface area contributed by atoms with Gasteiger partial charge in [0.1, 0.15) is 5.82 Å². The molecule has 112 valence electrons. The van der Waals surface area contributed by atoms with Gasteiger partial charge in [-0.15, -0.1) is 10.2 Å². The molecule has 1 aromatic heterocycles. The summed E-state index contributed by atoms with van der Waals surface area (Å²) in [6.45, 7) is 0.899. The fourth-order valence-corrected chi connectivity index (χ4v) is 3.62. The third-order valence-corrected chi connectivity index (χ3v) is 4.78. The van der Waals surface area contributed by atoms with Crippen LogP contribution in [0, 0.1) is 11.8 Å². The standard InChI is InChI=1S/C17H17N3O2/c1-22-17(21)14-6-7-15(20-19-14)18-9-13-12-8-10-4-2-3-5-11(10)16(12)13/h2-7,12-13,16H,8-9H2,1H3,(H,18,20)/t12-,13-,16-/m1/s1. The van der Waals surface area contributed by atoms with E-state index in [-0.39, 0.29) is 5.69 Å². The van der Waals surface area contributed by atoms with Gasteiger partial charge in [0.2, 0.25) is 0 Å². The molecule has 0 spiro atoms. The fraction of sp³-hybridized carbons (Fsp3) is 0.353. The number of ether oxygens (including phenoxy) is 1. The molecule has 5 nitrogen and oxygen atoms in total. The third-order valence-electron chi connectivity index (χ3n) is 4.78. The molecule has 1 N–H and O–H groups in total. The van der Waals surface area contributed by atoms with E-state index in [4.69, 9.17) is 0 Å². The van der Waals surface area contributed by atoms with E-state index in [0.29, 0.717) is 17.7 Å². The van der Waals surface area contributed by atoms with Gasteiger partial charge in [0, 0.05) is 6.54 Å². The average molecular weight is 295 g/mol. The van der Waals surface area contributed by atoms with Gasteiger partial charge in [0.25, 0.3) is 0 Å². The molecule has 1 fully saturated rings. The molecule has 0 saturated heterocycles. The first-order valence-electron chi connectivity index (χ1n) is 7.51. The molecule has 22 heavy (non-hydrogen) atoms. The molecule has 2 aromatic rings. The van der Waals surface area contributed by atoms with Crippen molar-refractivity contribution < 1.29 is 9.53 Å². The smallest absolute Gasteiger partial charge is 0.358 e. The number of methoxy groups -OCH3 is 1. The Balaban J connectivity index is 1.36. The number of hydrogen-bond donors (Lipinski definition) is 1. The fourth-order valence-electron chi connectivity index (χ4n) is 3.62. The van der Waals surface area contributed by atoms with Gasteiger partial charge in [-0.2, -0.15) is 0 Å². The molecule has 4 rings (SSSR count). The van der Waals surface area contributed by atoms with Crippen LogP contribution in [0.15, 0.2) is 36.4 Å². The zero-order valence-electron chi connectivity index (χ0n) is 12.3. The monoisotopic (exact) mass is 295 g/mol. The van der Waals surface area contributed by atoms with E-state index >= 15 is 0 Å². The van der Waals surface area contributed by atoms with Crippen molar-refractivity contribution >= 4 is 11.8 Å². The second-order valence-corrected chi connectivity index (χ2v) is 5.93. The molecule has 2 aliphatic rings. The van der Waals surface area contributed by atoms with E-state index in [2.05, 4.69) is 44.5 Å². The van der Waals surface area contributed by atoms with Crippen LogP contribution < -0.4 is 5.32 Å². The van der Waals surface area contributed by atoms with E-state index < -0.39 is 5.97 Å². The molecule has 0 unspecified atom stereocenters. The zero-order chi connectivity index (χ0) is 15.1. The number of anilines is 1. The van der Waals surface area contributed by atoms with Gasteiger partial charge >= 0.3 is 5.97 Å². The van der Waals surface area contributed by atoms with Crippen molar-refractivity contribution in [1.29, 1.82) is 0 Å². The molecule has 2 aliphatic carbocycles. The van der Waals surface area contributed by atoms with Crippen molar-refractivity contribution in [2.75, 3.05) is 19.0 Å². The number of carbonyl (C=O) groups excluding carboxylic acids is 1. The minimum atomic E-state index is -0.465. The lowest BCUT2D eigenvalue weighted by Gasteiger charge is -2.09. The number of carbonyl (C=O) groups is 1. The lowest BCUT2D eigenvalue weighted by Crippen LogP contribution is -2.11. The van der Waals surface area contributed by atoms with Crippen molar-refractivity contribution in [2.45, 2.75) is 12.3 Å². The minimum Gasteiger partial charge on any atom is -0.464 e. The number of nitrogens with zero attached hydrogens (tertiary/aromatic N) is 2. The molecular weight excluding hydrogens is 278 g/mol. The molecule has 3 atom stereocenters. The number of hydrogen-bond acceptors (Lipinski definition) is 5. The van der Waals surface area contributed by atoms with Crippen LogP contribution in [0.25, 0.3) is 0 Å². The summed E-state index contributed by atoms with van der Waals surface area (Å²) in [5, 5.41) is 11.2. The number of benzene rings is 1. The second kappa shape index (κ2) is 5.09. The third kappa shape index (κ3) is 2.13. The number of rotatable bonds is 4. The van der Waals surface area contributed by atoms with E-state index in [0.717, 1.165) is 12.5 Å². The number of aromatic nitrogens is 2. The molecular formula is C17H17N3O2. The van der Waals surface area contributed by atoms with Crippen LogP contribution in [0.1, 0.15) is 27.5 Å².